The maximum atomic E-state index is 13.4. The van der Waals surface area contributed by atoms with Gasteiger partial charge in [-0.3, -0.25) is 19.7 Å². The first-order valence-corrected chi connectivity index (χ1v) is 18.8. The first-order valence-electron chi connectivity index (χ1n) is 14.5. The molecular weight excluding hydrogens is 889 g/mol. The topological polar surface area (TPSA) is 296 Å². The van der Waals surface area contributed by atoms with Gasteiger partial charge in [-0.05, 0) is 94.3 Å². The van der Waals surface area contributed by atoms with E-state index in [1.54, 1.807) is 0 Å². The number of phenolic OH excluding ortho intramolecular Hbond substituents is 2. The van der Waals surface area contributed by atoms with Crippen molar-refractivity contribution >= 4 is 99.8 Å². The monoisotopic (exact) mass is 906 g/mol. The van der Waals surface area contributed by atoms with Crippen molar-refractivity contribution in [2.45, 2.75) is 19.6 Å². The summed E-state index contributed by atoms with van der Waals surface area (Å²) in [5.74, 6) is -2.59. The van der Waals surface area contributed by atoms with E-state index in [0.717, 1.165) is 30.3 Å². The Bertz CT molecular complexity index is 2750. The standard InChI is InChI=1S/C32H22N2O16S4.4Na/c35-27-12-22(52-50-48-40)8-20-9-23(53(41,42)43)13-26(30(20)27)34-32(38)18-4-2-15-5-17(3-1-16(15)6-18)31(37)33-25-11-21(51-49-47-39)7-19-10-24(54(44,45)46)14-28(36)29(19)25;;;;/h1-14,35-36,39-40H,(H,33,37)(H,34,38)(H,41,42,43)(H,44,45,46);;;;/q;4*+1/p-4. The molecule has 2 amide bonds. The molecular formula is C32H18N2Na4O16S4. The molecule has 0 fully saturated rings. The number of hydrogen-bond acceptors (Lipinski definition) is 18. The Morgan fingerprint density at radius 1 is 0.534 bits per heavy atom. The van der Waals surface area contributed by atoms with Gasteiger partial charge >= 0.3 is 118 Å². The van der Waals surface area contributed by atoms with Gasteiger partial charge in [0.25, 0.3) is 11.8 Å². The SMILES string of the molecule is O=C(Nc1cc(SOO[O-])cc2cc(S(=O)(=O)[O-])cc(O)c12)c1ccc2cc(C(=O)Nc3cc(S(=O)(=O)[O-])cc4cc(SOO[O-])cc(O)c34)ccc2c1.[Na+].[Na+].[Na+].[Na+]. The second kappa shape index (κ2) is 22.3. The average molecular weight is 907 g/mol. The first-order chi connectivity index (χ1) is 25.5. The van der Waals surface area contributed by atoms with E-state index >= 15 is 0 Å². The summed E-state index contributed by atoms with van der Waals surface area (Å²) in [7, 11) is -10.0. The van der Waals surface area contributed by atoms with Crippen LogP contribution in [0.25, 0.3) is 32.3 Å². The molecule has 0 heterocycles. The summed E-state index contributed by atoms with van der Waals surface area (Å²) in [6, 6.07) is 17.2. The molecule has 0 aromatic heterocycles. The third-order valence-electron chi connectivity index (χ3n) is 7.70. The van der Waals surface area contributed by atoms with E-state index in [2.05, 4.69) is 29.4 Å². The van der Waals surface area contributed by atoms with Crippen LogP contribution in [0.15, 0.2) is 105 Å². The Hall–Kier alpha value is -1.08. The molecule has 6 aromatic carbocycles. The zero-order valence-corrected chi connectivity index (χ0v) is 41.6. The molecule has 0 spiro atoms. The molecule has 26 heteroatoms. The molecule has 280 valence electrons. The molecule has 0 unspecified atom stereocenters. The number of benzene rings is 6. The van der Waals surface area contributed by atoms with Crippen molar-refractivity contribution in [3.63, 3.8) is 0 Å². The molecule has 6 rings (SSSR count). The molecule has 18 nitrogen and oxygen atoms in total. The van der Waals surface area contributed by atoms with E-state index in [-0.39, 0.29) is 172 Å². The van der Waals surface area contributed by atoms with Gasteiger partial charge in [0.2, 0.25) is 0 Å². The Morgan fingerprint density at radius 2 is 0.931 bits per heavy atom. The van der Waals surface area contributed by atoms with Gasteiger partial charge in [0, 0.05) is 31.7 Å². The fourth-order valence-electron chi connectivity index (χ4n) is 5.48. The van der Waals surface area contributed by atoms with Crippen LogP contribution in [0.5, 0.6) is 11.5 Å². The van der Waals surface area contributed by atoms with Gasteiger partial charge < -0.3 is 40.5 Å². The van der Waals surface area contributed by atoms with Crippen LogP contribution >= 0.6 is 24.1 Å². The molecule has 0 radical (unpaired) electrons. The molecule has 0 bridgehead atoms. The largest absolute Gasteiger partial charge is 1.00 e. The van der Waals surface area contributed by atoms with Crippen molar-refractivity contribution in [3.05, 3.63) is 96.1 Å². The Morgan fingerprint density at radius 3 is 1.36 bits per heavy atom. The van der Waals surface area contributed by atoms with Crippen molar-refractivity contribution in [2.24, 2.45) is 0 Å². The number of aromatic hydroxyl groups is 2. The summed E-state index contributed by atoms with van der Waals surface area (Å²) in [6.07, 6.45) is 0. The Kier molecular flexibility index (Phi) is 20.4. The minimum absolute atomic E-state index is 0. The van der Waals surface area contributed by atoms with Crippen LogP contribution in [0.3, 0.4) is 0 Å². The summed E-state index contributed by atoms with van der Waals surface area (Å²) in [4.78, 5) is 25.6. The van der Waals surface area contributed by atoms with Crippen molar-refractivity contribution in [1.82, 2.24) is 0 Å². The predicted molar refractivity (Wildman–Crippen MR) is 183 cm³/mol. The summed E-state index contributed by atoms with van der Waals surface area (Å²) in [5, 5.41) is 54.5. The second-order valence-electron chi connectivity index (χ2n) is 11.1. The summed E-state index contributed by atoms with van der Waals surface area (Å²) >= 11 is 0.800. The summed E-state index contributed by atoms with van der Waals surface area (Å²) in [6.45, 7) is 0. The number of fused-ring (bicyclic) bond motifs is 3. The van der Waals surface area contributed by atoms with Crippen molar-refractivity contribution in [2.75, 3.05) is 10.6 Å². The van der Waals surface area contributed by atoms with Crippen LogP contribution in [0.2, 0.25) is 0 Å². The van der Waals surface area contributed by atoms with Gasteiger partial charge in [0.05, 0.1) is 45.3 Å². The van der Waals surface area contributed by atoms with Crippen LogP contribution in [-0.4, -0.2) is 48.0 Å². The quantitative estimate of drug-likeness (QED) is 0.0292. The molecule has 0 aliphatic carbocycles. The number of nitrogens with one attached hydrogen (secondary N) is 2. The van der Waals surface area contributed by atoms with Gasteiger partial charge in [0.15, 0.2) is 0 Å². The van der Waals surface area contributed by atoms with E-state index in [9.17, 15) is 56.3 Å². The fraction of sp³-hybridized carbons (Fsp3) is 0. The Labute approximate surface area is 425 Å². The third kappa shape index (κ3) is 12.5. The molecule has 0 aliphatic rings. The van der Waals surface area contributed by atoms with Gasteiger partial charge in [-0.2, -0.15) is 8.67 Å². The number of anilines is 2. The minimum atomic E-state index is -5.04. The van der Waals surface area contributed by atoms with Crippen molar-refractivity contribution in [1.29, 1.82) is 0 Å². The number of carbonyl (C=O) groups excluding carboxylic acids is 2. The van der Waals surface area contributed by atoms with Gasteiger partial charge in [-0.1, -0.05) is 12.1 Å². The van der Waals surface area contributed by atoms with Crippen LogP contribution in [0, 0.1) is 0 Å². The fourth-order valence-corrected chi connectivity index (χ4v) is 7.43. The number of carbonyl (C=O) groups is 2. The second-order valence-corrected chi connectivity index (χ2v) is 15.4. The molecule has 0 aliphatic heterocycles. The van der Waals surface area contributed by atoms with Gasteiger partial charge in [0.1, 0.15) is 31.7 Å². The smallest absolute Gasteiger partial charge is 0.744 e. The molecule has 58 heavy (non-hydrogen) atoms. The normalized spacial score (nSPS) is 11.2. The zero-order valence-electron chi connectivity index (χ0n) is 30.3. The average Bonchev–Trinajstić information content (AvgIpc) is 3.11. The maximum Gasteiger partial charge on any atom is 1.00 e. The van der Waals surface area contributed by atoms with Crippen LogP contribution in [0.1, 0.15) is 20.7 Å². The zero-order chi connectivity index (χ0) is 38.9. The van der Waals surface area contributed by atoms with E-state index in [4.69, 9.17) is 0 Å². The third-order valence-corrected chi connectivity index (χ3v) is 10.4. The number of amides is 2. The number of hydrogen-bond donors (Lipinski definition) is 4. The van der Waals surface area contributed by atoms with Gasteiger partial charge in [-0.15, -0.1) is 0 Å². The molecule has 0 saturated heterocycles. The predicted octanol–water partition coefficient (Wildman–Crippen LogP) is -8.65. The van der Waals surface area contributed by atoms with E-state index in [1.807, 2.05) is 0 Å². The molecule has 4 N–H and O–H groups in total. The Balaban J connectivity index is 0.00000290. The molecule has 6 aromatic rings. The summed E-state index contributed by atoms with van der Waals surface area (Å²) < 4.78 is 79.1. The van der Waals surface area contributed by atoms with E-state index < -0.39 is 53.3 Å². The maximum absolute atomic E-state index is 13.4. The van der Waals surface area contributed by atoms with Gasteiger partial charge in [-0.25, -0.2) is 16.8 Å². The first kappa shape index (κ1) is 53.1. The molecule has 0 atom stereocenters. The minimum Gasteiger partial charge on any atom is -0.744 e. The number of phenols is 2. The van der Waals surface area contributed by atoms with Crippen molar-refractivity contribution in [3.8, 4) is 11.5 Å². The van der Waals surface area contributed by atoms with E-state index in [0.29, 0.717) is 34.9 Å². The van der Waals surface area contributed by atoms with Crippen molar-refractivity contribution < 1.29 is 193 Å². The van der Waals surface area contributed by atoms with Crippen LogP contribution in [0.4, 0.5) is 11.4 Å². The van der Waals surface area contributed by atoms with E-state index in [1.165, 1.54) is 54.6 Å². The van der Waals surface area contributed by atoms with Crippen LogP contribution < -0.4 is 139 Å². The molecule has 0 saturated carbocycles. The number of rotatable bonds is 12. The van der Waals surface area contributed by atoms with Crippen LogP contribution in [-0.2, 0) is 39.0 Å². The summed E-state index contributed by atoms with van der Waals surface area (Å²) in [5.41, 5.74) is -0.143.